The van der Waals surface area contributed by atoms with E-state index in [1.807, 2.05) is 38.2 Å². The Labute approximate surface area is 246 Å². The third kappa shape index (κ3) is 7.64. The van der Waals surface area contributed by atoms with E-state index >= 15 is 0 Å². The van der Waals surface area contributed by atoms with Crippen molar-refractivity contribution in [2.24, 2.45) is 0 Å². The van der Waals surface area contributed by atoms with Crippen LogP contribution >= 0.6 is 11.3 Å². The standard InChI is InChI=1S/C30H32F3N7OS/c1-19-4-7-22(8-5-19)37-28(41)26-17-34-29(42-26)38-27-16-24(14-20(2)35-27)36-23-9-6-21(25(15-23)30(31,32)33)18-40-12-10-39(3)11-13-40/h4-9,14-17H,10-13,18H2,1-3H3,(H,37,41)(H2,34,35,36,38). The van der Waals surface area contributed by atoms with Gasteiger partial charge in [0.1, 0.15) is 10.7 Å². The summed E-state index contributed by atoms with van der Waals surface area (Å²) in [5.74, 6) is 0.167. The maximum Gasteiger partial charge on any atom is 0.416 e. The van der Waals surface area contributed by atoms with Crippen LogP contribution in [0.3, 0.4) is 0 Å². The molecule has 0 aliphatic carbocycles. The first kappa shape index (κ1) is 29.5. The van der Waals surface area contributed by atoms with Crippen molar-refractivity contribution < 1.29 is 18.0 Å². The Kier molecular flexibility index (Phi) is 8.76. The average molecular weight is 596 g/mol. The number of carbonyl (C=O) groups is 1. The average Bonchev–Trinajstić information content (AvgIpc) is 3.40. The molecule has 1 aliphatic rings. The number of amides is 1. The number of hydrogen-bond donors (Lipinski definition) is 3. The Morgan fingerprint density at radius 3 is 2.36 bits per heavy atom. The van der Waals surface area contributed by atoms with Gasteiger partial charge in [-0.3, -0.25) is 9.69 Å². The van der Waals surface area contributed by atoms with Gasteiger partial charge in [0.25, 0.3) is 5.91 Å². The van der Waals surface area contributed by atoms with Crippen LogP contribution in [0.4, 0.5) is 41.2 Å². The molecule has 0 radical (unpaired) electrons. The van der Waals surface area contributed by atoms with E-state index in [-0.39, 0.29) is 18.0 Å². The molecule has 1 fully saturated rings. The van der Waals surface area contributed by atoms with Gasteiger partial charge in [0, 0.05) is 61.5 Å². The number of nitrogens with one attached hydrogen (secondary N) is 3. The summed E-state index contributed by atoms with van der Waals surface area (Å²) in [6, 6.07) is 15.3. The van der Waals surface area contributed by atoms with Gasteiger partial charge in [-0.2, -0.15) is 13.2 Å². The number of nitrogens with zero attached hydrogens (tertiary/aromatic N) is 4. The van der Waals surface area contributed by atoms with Crippen LogP contribution in [-0.2, 0) is 12.7 Å². The van der Waals surface area contributed by atoms with Gasteiger partial charge in [-0.25, -0.2) is 9.97 Å². The van der Waals surface area contributed by atoms with E-state index in [0.29, 0.717) is 38.6 Å². The van der Waals surface area contributed by atoms with E-state index in [9.17, 15) is 18.0 Å². The highest BCUT2D eigenvalue weighted by Gasteiger charge is 2.34. The molecule has 3 heterocycles. The van der Waals surface area contributed by atoms with Gasteiger partial charge < -0.3 is 20.9 Å². The number of likely N-dealkylation sites (N-methyl/N-ethyl adjacent to an activating group) is 1. The quantitative estimate of drug-likeness (QED) is 0.210. The van der Waals surface area contributed by atoms with Crippen molar-refractivity contribution in [1.82, 2.24) is 19.8 Å². The van der Waals surface area contributed by atoms with Crippen molar-refractivity contribution in [2.45, 2.75) is 26.6 Å². The number of halogens is 3. The van der Waals surface area contributed by atoms with Gasteiger partial charge in [0.15, 0.2) is 5.13 Å². The molecule has 220 valence electrons. The van der Waals surface area contributed by atoms with E-state index < -0.39 is 11.7 Å². The molecule has 3 N–H and O–H groups in total. The lowest BCUT2D eigenvalue weighted by molar-refractivity contribution is -0.138. The molecular formula is C30H32F3N7OS. The van der Waals surface area contributed by atoms with Crippen molar-refractivity contribution in [3.63, 3.8) is 0 Å². The Hall–Kier alpha value is -4.00. The first-order valence-electron chi connectivity index (χ1n) is 13.5. The fraction of sp³-hybridized carbons (Fsp3) is 0.300. The lowest BCUT2D eigenvalue weighted by Crippen LogP contribution is -2.44. The zero-order valence-corrected chi connectivity index (χ0v) is 24.4. The molecule has 8 nitrogen and oxygen atoms in total. The number of thiazole rings is 1. The smallest absolute Gasteiger partial charge is 0.355 e. The van der Waals surface area contributed by atoms with Crippen molar-refractivity contribution in [3.8, 4) is 0 Å². The molecule has 0 spiro atoms. The minimum atomic E-state index is -4.48. The first-order chi connectivity index (χ1) is 20.0. The van der Waals surface area contributed by atoms with E-state index in [1.165, 1.54) is 17.5 Å². The van der Waals surface area contributed by atoms with Crippen LogP contribution in [0.25, 0.3) is 0 Å². The molecule has 4 aromatic rings. The second-order valence-corrected chi connectivity index (χ2v) is 11.5. The van der Waals surface area contributed by atoms with Crippen molar-refractivity contribution >= 4 is 45.3 Å². The number of aryl methyl sites for hydroxylation is 2. The molecule has 0 unspecified atom stereocenters. The number of rotatable bonds is 8. The summed E-state index contributed by atoms with van der Waals surface area (Å²) in [6.45, 7) is 7.15. The molecular weight excluding hydrogens is 563 g/mol. The second kappa shape index (κ2) is 12.5. The normalized spacial score (nSPS) is 14.5. The van der Waals surface area contributed by atoms with E-state index in [1.54, 1.807) is 31.2 Å². The van der Waals surface area contributed by atoms with Gasteiger partial charge in [0.2, 0.25) is 0 Å². The van der Waals surface area contributed by atoms with Crippen LogP contribution in [0.15, 0.2) is 60.8 Å². The van der Waals surface area contributed by atoms with Crippen LogP contribution in [0, 0.1) is 13.8 Å². The Morgan fingerprint density at radius 2 is 1.64 bits per heavy atom. The minimum Gasteiger partial charge on any atom is -0.355 e. The third-order valence-electron chi connectivity index (χ3n) is 6.92. The third-order valence-corrected chi connectivity index (χ3v) is 7.83. The highest BCUT2D eigenvalue weighted by molar-refractivity contribution is 7.17. The zero-order chi connectivity index (χ0) is 29.9. The highest BCUT2D eigenvalue weighted by atomic mass is 32.1. The van der Waals surface area contributed by atoms with Gasteiger partial charge in [0.05, 0.1) is 11.8 Å². The van der Waals surface area contributed by atoms with Gasteiger partial charge >= 0.3 is 6.18 Å². The fourth-order valence-corrected chi connectivity index (χ4v) is 5.37. The second-order valence-electron chi connectivity index (χ2n) is 10.4. The molecule has 12 heteroatoms. The first-order valence-corrected chi connectivity index (χ1v) is 14.3. The molecule has 1 saturated heterocycles. The molecule has 2 aromatic carbocycles. The minimum absolute atomic E-state index is 0.254. The molecule has 42 heavy (non-hydrogen) atoms. The summed E-state index contributed by atoms with van der Waals surface area (Å²) >= 11 is 1.17. The summed E-state index contributed by atoms with van der Waals surface area (Å²) in [5.41, 5.74) is 2.94. The van der Waals surface area contributed by atoms with Crippen molar-refractivity contribution in [2.75, 3.05) is 49.2 Å². The number of benzene rings is 2. The predicted molar refractivity (Wildman–Crippen MR) is 161 cm³/mol. The maximum absolute atomic E-state index is 14.0. The van der Waals surface area contributed by atoms with Crippen molar-refractivity contribution in [3.05, 3.63) is 88.1 Å². The summed E-state index contributed by atoms with van der Waals surface area (Å²) in [7, 11) is 2.01. The van der Waals surface area contributed by atoms with Crippen LogP contribution < -0.4 is 16.0 Å². The van der Waals surface area contributed by atoms with Gasteiger partial charge in [-0.05, 0) is 56.8 Å². The van der Waals surface area contributed by atoms with Crippen molar-refractivity contribution in [1.29, 1.82) is 0 Å². The van der Waals surface area contributed by atoms with Gasteiger partial charge in [-0.15, -0.1) is 0 Å². The largest absolute Gasteiger partial charge is 0.416 e. The predicted octanol–water partition coefficient (Wildman–Crippen LogP) is 6.66. The number of carbonyl (C=O) groups excluding carboxylic acids is 1. The van der Waals surface area contributed by atoms with Crippen LogP contribution in [0.2, 0.25) is 0 Å². The summed E-state index contributed by atoms with van der Waals surface area (Å²) in [4.78, 5) is 26.0. The Morgan fingerprint density at radius 1 is 0.929 bits per heavy atom. The SMILES string of the molecule is Cc1ccc(NC(=O)c2cnc(Nc3cc(Nc4ccc(CN5CCN(C)CC5)c(C(F)(F)F)c4)cc(C)n3)s2)cc1. The lowest BCUT2D eigenvalue weighted by Gasteiger charge is -2.33. The van der Waals surface area contributed by atoms with Crippen LogP contribution in [0.5, 0.6) is 0 Å². The number of pyridine rings is 1. The van der Waals surface area contributed by atoms with E-state index in [0.717, 1.165) is 37.8 Å². The molecule has 0 atom stereocenters. The van der Waals surface area contributed by atoms with E-state index in [4.69, 9.17) is 0 Å². The monoisotopic (exact) mass is 595 g/mol. The Balaban J connectivity index is 1.28. The topological polar surface area (TPSA) is 85.4 Å². The van der Waals surface area contributed by atoms with Crippen LogP contribution in [-0.4, -0.2) is 58.9 Å². The molecule has 2 aromatic heterocycles. The van der Waals surface area contributed by atoms with Crippen LogP contribution in [0.1, 0.15) is 32.1 Å². The zero-order valence-electron chi connectivity index (χ0n) is 23.5. The van der Waals surface area contributed by atoms with Gasteiger partial charge in [-0.1, -0.05) is 35.1 Å². The highest BCUT2D eigenvalue weighted by Crippen LogP contribution is 2.35. The summed E-state index contributed by atoms with van der Waals surface area (Å²) in [6.07, 6.45) is -3.00. The van der Waals surface area contributed by atoms with E-state index in [2.05, 4.69) is 35.7 Å². The molecule has 1 amide bonds. The molecule has 0 saturated carbocycles. The summed E-state index contributed by atoms with van der Waals surface area (Å²) < 4.78 is 42.1. The fourth-order valence-electron chi connectivity index (χ4n) is 4.65. The number of alkyl halides is 3. The molecule has 5 rings (SSSR count). The molecule has 0 bridgehead atoms. The Bertz CT molecular complexity index is 1550. The molecule has 1 aliphatic heterocycles. The number of anilines is 5. The number of hydrogen-bond acceptors (Lipinski definition) is 8. The summed E-state index contributed by atoms with van der Waals surface area (Å²) in [5, 5.41) is 9.50. The number of piperazine rings is 1. The maximum atomic E-state index is 14.0. The lowest BCUT2D eigenvalue weighted by atomic mass is 10.0. The number of aromatic nitrogens is 2.